The lowest BCUT2D eigenvalue weighted by atomic mass is 10.3. The molecule has 0 saturated heterocycles. The van der Waals surface area contributed by atoms with Gasteiger partial charge in [-0.2, -0.15) is 4.31 Å². The molecule has 0 atom stereocenters. The molecule has 20 heavy (non-hydrogen) atoms. The van der Waals surface area contributed by atoms with Gasteiger partial charge in [0.2, 0.25) is 10.0 Å². The van der Waals surface area contributed by atoms with Crippen molar-refractivity contribution in [2.75, 3.05) is 14.2 Å². The first-order chi connectivity index (χ1) is 9.43. The van der Waals surface area contributed by atoms with Crippen LogP contribution in [-0.4, -0.2) is 26.9 Å². The Hall–Kier alpha value is -0.890. The molecule has 108 valence electrons. The van der Waals surface area contributed by atoms with Gasteiger partial charge in [0, 0.05) is 28.3 Å². The van der Waals surface area contributed by atoms with Crippen molar-refractivity contribution in [1.82, 2.24) is 4.31 Å². The Bertz CT molecular complexity index is 680. The van der Waals surface area contributed by atoms with Gasteiger partial charge in [-0.05, 0) is 46.3 Å². The van der Waals surface area contributed by atoms with Gasteiger partial charge in [0.25, 0.3) is 0 Å². The predicted octanol–water partition coefficient (Wildman–Crippen LogP) is 3.34. The van der Waals surface area contributed by atoms with E-state index in [9.17, 15) is 8.42 Å². The van der Waals surface area contributed by atoms with Gasteiger partial charge in [-0.25, -0.2) is 8.42 Å². The molecular formula is C13H14BrNO3S2. The van der Waals surface area contributed by atoms with Crippen molar-refractivity contribution in [3.8, 4) is 5.75 Å². The van der Waals surface area contributed by atoms with Crippen molar-refractivity contribution < 1.29 is 13.2 Å². The quantitative estimate of drug-likeness (QED) is 0.804. The molecule has 1 aromatic heterocycles. The Morgan fingerprint density at radius 3 is 2.45 bits per heavy atom. The molecule has 1 aromatic carbocycles. The highest BCUT2D eigenvalue weighted by Crippen LogP contribution is 2.24. The lowest BCUT2D eigenvalue weighted by Crippen LogP contribution is -2.26. The highest BCUT2D eigenvalue weighted by atomic mass is 79.9. The van der Waals surface area contributed by atoms with E-state index in [0.29, 0.717) is 12.3 Å². The Morgan fingerprint density at radius 1 is 1.30 bits per heavy atom. The van der Waals surface area contributed by atoms with Crippen molar-refractivity contribution in [2.24, 2.45) is 0 Å². The van der Waals surface area contributed by atoms with Crippen LogP contribution in [0.5, 0.6) is 5.75 Å². The van der Waals surface area contributed by atoms with Gasteiger partial charge in [0.05, 0.1) is 12.0 Å². The maximum atomic E-state index is 12.4. The summed E-state index contributed by atoms with van der Waals surface area (Å²) in [5.41, 5.74) is 0. The maximum Gasteiger partial charge on any atom is 0.243 e. The maximum absolute atomic E-state index is 12.4. The lowest BCUT2D eigenvalue weighted by molar-refractivity contribution is 0.414. The third-order valence-electron chi connectivity index (χ3n) is 2.77. The van der Waals surface area contributed by atoms with E-state index in [4.69, 9.17) is 4.74 Å². The van der Waals surface area contributed by atoms with Crippen LogP contribution in [0.25, 0.3) is 0 Å². The molecule has 2 aromatic rings. The molecule has 2 rings (SSSR count). The Morgan fingerprint density at radius 2 is 1.95 bits per heavy atom. The minimum Gasteiger partial charge on any atom is -0.497 e. The average Bonchev–Trinajstić information content (AvgIpc) is 2.84. The number of thiophene rings is 1. The zero-order valence-corrected chi connectivity index (χ0v) is 14.3. The van der Waals surface area contributed by atoms with Gasteiger partial charge in [0.15, 0.2) is 0 Å². The van der Waals surface area contributed by atoms with Crippen LogP contribution in [0.2, 0.25) is 0 Å². The third kappa shape index (κ3) is 3.41. The van der Waals surface area contributed by atoms with Gasteiger partial charge in [-0.3, -0.25) is 0 Å². The molecule has 0 aliphatic heterocycles. The summed E-state index contributed by atoms with van der Waals surface area (Å²) in [5.74, 6) is 0.633. The molecule has 0 N–H and O–H groups in total. The fourth-order valence-corrected chi connectivity index (χ4v) is 4.40. The predicted molar refractivity (Wildman–Crippen MR) is 83.7 cm³/mol. The molecular weight excluding hydrogens is 362 g/mol. The number of methoxy groups -OCH3 is 1. The van der Waals surface area contributed by atoms with Gasteiger partial charge < -0.3 is 4.74 Å². The molecule has 0 saturated carbocycles. The fourth-order valence-electron chi connectivity index (χ4n) is 1.67. The summed E-state index contributed by atoms with van der Waals surface area (Å²) in [7, 11) is -0.361. The minimum atomic E-state index is -3.48. The third-order valence-corrected chi connectivity index (χ3v) is 6.27. The topological polar surface area (TPSA) is 46.6 Å². The van der Waals surface area contributed by atoms with Crippen LogP contribution in [0.3, 0.4) is 0 Å². The van der Waals surface area contributed by atoms with E-state index in [0.717, 1.165) is 9.35 Å². The Balaban J connectivity index is 2.19. The van der Waals surface area contributed by atoms with Crippen LogP contribution < -0.4 is 4.74 Å². The smallest absolute Gasteiger partial charge is 0.243 e. The highest BCUT2D eigenvalue weighted by Gasteiger charge is 2.21. The van der Waals surface area contributed by atoms with Crippen molar-refractivity contribution in [2.45, 2.75) is 11.4 Å². The lowest BCUT2D eigenvalue weighted by Gasteiger charge is -2.16. The van der Waals surface area contributed by atoms with Crippen molar-refractivity contribution in [1.29, 1.82) is 0 Å². The zero-order valence-electron chi connectivity index (χ0n) is 11.0. The van der Waals surface area contributed by atoms with Crippen LogP contribution >= 0.6 is 27.3 Å². The molecule has 7 heteroatoms. The van der Waals surface area contributed by atoms with Crippen LogP contribution in [0.15, 0.2) is 45.1 Å². The first kappa shape index (κ1) is 15.5. The summed E-state index contributed by atoms with van der Waals surface area (Å²) in [6, 6.07) is 8.31. The molecule has 0 aliphatic rings. The SMILES string of the molecule is COc1ccc(S(=O)(=O)N(C)Cc2cc(Br)cs2)cc1. The van der Waals surface area contributed by atoms with E-state index in [1.807, 2.05) is 11.4 Å². The summed E-state index contributed by atoms with van der Waals surface area (Å²) in [6.45, 7) is 0.352. The molecule has 0 spiro atoms. The molecule has 4 nitrogen and oxygen atoms in total. The van der Waals surface area contributed by atoms with Gasteiger partial charge in [-0.15, -0.1) is 11.3 Å². The fraction of sp³-hybridized carbons (Fsp3) is 0.231. The van der Waals surface area contributed by atoms with E-state index < -0.39 is 10.0 Å². The normalized spacial score (nSPS) is 11.8. The number of hydrogen-bond donors (Lipinski definition) is 0. The minimum absolute atomic E-state index is 0.261. The van der Waals surface area contributed by atoms with Crippen LogP contribution in [0, 0.1) is 0 Å². The first-order valence-electron chi connectivity index (χ1n) is 5.77. The largest absolute Gasteiger partial charge is 0.497 e. The van der Waals surface area contributed by atoms with Gasteiger partial charge in [-0.1, -0.05) is 0 Å². The summed E-state index contributed by atoms with van der Waals surface area (Å²) in [4.78, 5) is 1.24. The molecule has 0 unspecified atom stereocenters. The van der Waals surface area contributed by atoms with E-state index in [2.05, 4.69) is 15.9 Å². The summed E-state index contributed by atoms with van der Waals surface area (Å²) in [6.07, 6.45) is 0. The number of benzene rings is 1. The van der Waals surface area contributed by atoms with E-state index in [1.54, 1.807) is 38.4 Å². The molecule has 0 amide bonds. The number of ether oxygens (including phenoxy) is 1. The molecule has 0 fully saturated rings. The Kier molecular flexibility index (Phi) is 4.85. The second-order valence-corrected chi connectivity index (χ2v) is 8.12. The molecule has 1 heterocycles. The van der Waals surface area contributed by atoms with Crippen LogP contribution in [-0.2, 0) is 16.6 Å². The van der Waals surface area contributed by atoms with Crippen molar-refractivity contribution in [3.05, 3.63) is 45.1 Å². The highest BCUT2D eigenvalue weighted by molar-refractivity contribution is 9.10. The van der Waals surface area contributed by atoms with E-state index in [-0.39, 0.29) is 4.90 Å². The van der Waals surface area contributed by atoms with Crippen LogP contribution in [0.1, 0.15) is 4.88 Å². The van der Waals surface area contributed by atoms with Gasteiger partial charge in [0.1, 0.15) is 5.75 Å². The second kappa shape index (κ2) is 6.26. The van der Waals surface area contributed by atoms with E-state index >= 15 is 0 Å². The standard InChI is InChI=1S/C13H14BrNO3S2/c1-15(8-12-7-10(14)9-19-12)20(16,17)13-5-3-11(18-2)4-6-13/h3-7,9H,8H2,1-2H3. The molecule has 0 radical (unpaired) electrons. The van der Waals surface area contributed by atoms with Gasteiger partial charge >= 0.3 is 0 Å². The monoisotopic (exact) mass is 375 g/mol. The summed E-state index contributed by atoms with van der Waals surface area (Å²) >= 11 is 4.88. The van der Waals surface area contributed by atoms with Crippen molar-refractivity contribution in [3.63, 3.8) is 0 Å². The molecule has 0 aliphatic carbocycles. The van der Waals surface area contributed by atoms with E-state index in [1.165, 1.54) is 15.6 Å². The number of nitrogens with zero attached hydrogens (tertiary/aromatic N) is 1. The van der Waals surface area contributed by atoms with Crippen molar-refractivity contribution >= 4 is 37.3 Å². The Labute approximate surface area is 131 Å². The zero-order chi connectivity index (χ0) is 14.8. The second-order valence-electron chi connectivity index (χ2n) is 4.17. The number of hydrogen-bond acceptors (Lipinski definition) is 4. The number of rotatable bonds is 5. The number of sulfonamides is 1. The first-order valence-corrected chi connectivity index (χ1v) is 8.88. The summed E-state index contributed by atoms with van der Waals surface area (Å²) in [5, 5.41) is 1.93. The average molecular weight is 376 g/mol. The number of halogens is 1. The summed E-state index contributed by atoms with van der Waals surface area (Å²) < 4.78 is 32.2. The molecule has 0 bridgehead atoms. The van der Waals surface area contributed by atoms with Crippen LogP contribution in [0.4, 0.5) is 0 Å².